The molecule has 2 aromatic rings. The van der Waals surface area contributed by atoms with E-state index in [1.54, 1.807) is 7.05 Å². The molecule has 0 amide bonds. The summed E-state index contributed by atoms with van der Waals surface area (Å²) in [6.45, 7) is 0. The third-order valence-corrected chi connectivity index (χ3v) is 3.06. The van der Waals surface area contributed by atoms with Gasteiger partial charge in [0.25, 0.3) is 0 Å². The minimum Gasteiger partial charge on any atom is -0.504 e. The average Bonchev–Trinajstić information content (AvgIpc) is 2.58. The normalized spacial score (nSPS) is 10.8. The van der Waals surface area contributed by atoms with E-state index in [2.05, 4.69) is 21.0 Å². The SMILES string of the molecule is Cn1ncc(-c2c(Br)cc(F)c(O)c2O)c1N. The highest BCUT2D eigenvalue weighted by atomic mass is 79.9. The summed E-state index contributed by atoms with van der Waals surface area (Å²) in [7, 11) is 1.63. The molecule has 0 atom stereocenters. The Kier molecular flexibility index (Phi) is 2.70. The first-order valence-electron chi connectivity index (χ1n) is 4.61. The molecule has 17 heavy (non-hydrogen) atoms. The first kappa shape index (κ1) is 11.7. The largest absolute Gasteiger partial charge is 0.504 e. The molecule has 0 aliphatic rings. The Morgan fingerprint density at radius 1 is 1.41 bits per heavy atom. The molecule has 4 N–H and O–H groups in total. The summed E-state index contributed by atoms with van der Waals surface area (Å²) in [5, 5.41) is 23.0. The van der Waals surface area contributed by atoms with Crippen molar-refractivity contribution in [3.63, 3.8) is 0 Å². The van der Waals surface area contributed by atoms with Crippen molar-refractivity contribution in [2.24, 2.45) is 7.05 Å². The summed E-state index contributed by atoms with van der Waals surface area (Å²) in [5.74, 6) is -2.00. The molecular formula is C10H9BrFN3O2. The number of nitrogen functional groups attached to an aromatic ring is 1. The van der Waals surface area contributed by atoms with Gasteiger partial charge in [0, 0.05) is 22.6 Å². The van der Waals surface area contributed by atoms with Crippen LogP contribution in [-0.4, -0.2) is 20.0 Å². The number of nitrogens with zero attached hydrogens (tertiary/aromatic N) is 2. The fourth-order valence-electron chi connectivity index (χ4n) is 1.49. The topological polar surface area (TPSA) is 84.3 Å². The summed E-state index contributed by atoms with van der Waals surface area (Å²) >= 11 is 3.11. The molecule has 0 saturated carbocycles. The highest BCUT2D eigenvalue weighted by molar-refractivity contribution is 9.10. The third-order valence-electron chi connectivity index (χ3n) is 2.43. The summed E-state index contributed by atoms with van der Waals surface area (Å²) in [6.07, 6.45) is 1.42. The number of hydrogen-bond acceptors (Lipinski definition) is 4. The second-order valence-electron chi connectivity index (χ2n) is 3.48. The molecule has 0 aliphatic heterocycles. The lowest BCUT2D eigenvalue weighted by Gasteiger charge is -2.09. The van der Waals surface area contributed by atoms with E-state index < -0.39 is 17.3 Å². The number of phenolic OH excluding ortho intramolecular Hbond substituents is 2. The van der Waals surface area contributed by atoms with E-state index >= 15 is 0 Å². The maximum atomic E-state index is 13.1. The fraction of sp³-hybridized carbons (Fsp3) is 0.100. The van der Waals surface area contributed by atoms with Crippen LogP contribution in [0.25, 0.3) is 11.1 Å². The van der Waals surface area contributed by atoms with Gasteiger partial charge >= 0.3 is 0 Å². The maximum Gasteiger partial charge on any atom is 0.194 e. The summed E-state index contributed by atoms with van der Waals surface area (Å²) in [6, 6.07) is 1.05. The lowest BCUT2D eigenvalue weighted by Crippen LogP contribution is -1.98. The van der Waals surface area contributed by atoms with Crippen molar-refractivity contribution < 1.29 is 14.6 Å². The van der Waals surface area contributed by atoms with Crippen molar-refractivity contribution in [3.05, 3.63) is 22.6 Å². The molecule has 5 nitrogen and oxygen atoms in total. The van der Waals surface area contributed by atoms with Crippen molar-refractivity contribution in [2.75, 3.05) is 5.73 Å². The molecular weight excluding hydrogens is 293 g/mol. The van der Waals surface area contributed by atoms with Crippen molar-refractivity contribution in [3.8, 4) is 22.6 Å². The van der Waals surface area contributed by atoms with Gasteiger partial charge in [0.2, 0.25) is 0 Å². The van der Waals surface area contributed by atoms with Gasteiger partial charge in [-0.2, -0.15) is 5.10 Å². The number of anilines is 1. The fourth-order valence-corrected chi connectivity index (χ4v) is 2.09. The zero-order chi connectivity index (χ0) is 12.7. The van der Waals surface area contributed by atoms with Crippen LogP contribution in [0.1, 0.15) is 0 Å². The smallest absolute Gasteiger partial charge is 0.194 e. The lowest BCUT2D eigenvalue weighted by molar-refractivity contribution is 0.380. The molecule has 0 saturated heterocycles. The van der Waals surface area contributed by atoms with Crippen LogP contribution in [0.2, 0.25) is 0 Å². The Bertz CT molecular complexity index is 598. The molecule has 7 heteroatoms. The van der Waals surface area contributed by atoms with Gasteiger partial charge in [-0.1, -0.05) is 0 Å². The number of rotatable bonds is 1. The second-order valence-corrected chi connectivity index (χ2v) is 4.33. The van der Waals surface area contributed by atoms with Gasteiger partial charge in [-0.25, -0.2) is 4.39 Å². The molecule has 0 aliphatic carbocycles. The minimum absolute atomic E-state index is 0.203. The molecule has 1 aromatic heterocycles. The molecule has 0 unspecified atom stereocenters. The van der Waals surface area contributed by atoms with E-state index in [4.69, 9.17) is 5.73 Å². The Labute approximate surface area is 104 Å². The van der Waals surface area contributed by atoms with Gasteiger partial charge < -0.3 is 15.9 Å². The molecule has 90 valence electrons. The molecule has 2 rings (SSSR count). The van der Waals surface area contributed by atoms with Crippen LogP contribution in [0.3, 0.4) is 0 Å². The number of aromatic hydroxyl groups is 2. The number of phenols is 2. The standard InChI is InChI=1S/C10H9BrFN3O2/c1-15-10(13)4(3-14-15)7-5(11)2-6(12)8(16)9(7)17/h2-3,16-17H,13H2,1H3. The Hall–Kier alpha value is -1.76. The second kappa shape index (κ2) is 3.92. The predicted molar refractivity (Wildman–Crippen MR) is 64.0 cm³/mol. The molecule has 1 heterocycles. The lowest BCUT2D eigenvalue weighted by atomic mass is 10.1. The Balaban J connectivity index is 2.76. The van der Waals surface area contributed by atoms with Gasteiger partial charge in [-0.15, -0.1) is 0 Å². The van der Waals surface area contributed by atoms with Gasteiger partial charge in [-0.3, -0.25) is 4.68 Å². The van der Waals surface area contributed by atoms with Gasteiger partial charge in [0.15, 0.2) is 17.3 Å². The first-order chi connectivity index (χ1) is 7.93. The van der Waals surface area contributed by atoms with Crippen LogP contribution < -0.4 is 5.73 Å². The van der Waals surface area contributed by atoms with Gasteiger partial charge in [0.1, 0.15) is 5.82 Å². The van der Waals surface area contributed by atoms with Gasteiger partial charge in [0.05, 0.1) is 6.20 Å². The highest BCUT2D eigenvalue weighted by Gasteiger charge is 2.20. The number of nitrogens with two attached hydrogens (primary N) is 1. The van der Waals surface area contributed by atoms with Crippen LogP contribution in [0, 0.1) is 5.82 Å². The van der Waals surface area contributed by atoms with Crippen LogP contribution in [-0.2, 0) is 7.05 Å². The monoisotopic (exact) mass is 301 g/mol. The molecule has 0 radical (unpaired) electrons. The van der Waals surface area contributed by atoms with Crippen molar-refractivity contribution >= 4 is 21.7 Å². The number of aryl methyl sites for hydroxylation is 1. The quantitative estimate of drug-likeness (QED) is 0.703. The number of hydrogen-bond donors (Lipinski definition) is 3. The Morgan fingerprint density at radius 2 is 2.06 bits per heavy atom. The van der Waals surface area contributed by atoms with Crippen molar-refractivity contribution in [1.82, 2.24) is 9.78 Å². The van der Waals surface area contributed by atoms with E-state index in [0.29, 0.717) is 11.4 Å². The summed E-state index contributed by atoms with van der Waals surface area (Å²) in [4.78, 5) is 0. The third kappa shape index (κ3) is 1.72. The summed E-state index contributed by atoms with van der Waals surface area (Å²) < 4.78 is 14.8. The molecule has 0 spiro atoms. The van der Waals surface area contributed by atoms with E-state index in [1.165, 1.54) is 10.9 Å². The van der Waals surface area contributed by atoms with Crippen molar-refractivity contribution in [1.29, 1.82) is 0 Å². The molecule has 0 fully saturated rings. The van der Waals surface area contributed by atoms with E-state index in [1.807, 2.05) is 0 Å². The molecule has 1 aromatic carbocycles. The summed E-state index contributed by atoms with van der Waals surface area (Å²) in [5.41, 5.74) is 6.37. The van der Waals surface area contributed by atoms with E-state index in [9.17, 15) is 14.6 Å². The van der Waals surface area contributed by atoms with Crippen LogP contribution >= 0.6 is 15.9 Å². The molecule has 0 bridgehead atoms. The predicted octanol–water partition coefficient (Wildman–Crippen LogP) is 1.98. The van der Waals surface area contributed by atoms with Gasteiger partial charge in [-0.05, 0) is 22.0 Å². The number of aromatic nitrogens is 2. The Morgan fingerprint density at radius 3 is 2.59 bits per heavy atom. The van der Waals surface area contributed by atoms with E-state index in [-0.39, 0.29) is 10.0 Å². The minimum atomic E-state index is -0.916. The van der Waals surface area contributed by atoms with Crippen molar-refractivity contribution in [2.45, 2.75) is 0 Å². The average molecular weight is 302 g/mol. The van der Waals surface area contributed by atoms with Crippen LogP contribution in [0.5, 0.6) is 11.5 Å². The van der Waals surface area contributed by atoms with Crippen LogP contribution in [0.15, 0.2) is 16.7 Å². The maximum absolute atomic E-state index is 13.1. The zero-order valence-electron chi connectivity index (χ0n) is 8.78. The van der Waals surface area contributed by atoms with E-state index in [0.717, 1.165) is 6.07 Å². The zero-order valence-corrected chi connectivity index (χ0v) is 10.4. The first-order valence-corrected chi connectivity index (χ1v) is 5.40. The highest BCUT2D eigenvalue weighted by Crippen LogP contribution is 2.44. The number of halogens is 2. The number of benzene rings is 1. The van der Waals surface area contributed by atoms with Crippen LogP contribution in [0.4, 0.5) is 10.2 Å².